The maximum Gasteiger partial charge on any atom is 0.336 e. The molecule has 2 aromatic rings. The van der Waals surface area contributed by atoms with Crippen LogP contribution in [0.5, 0.6) is 5.06 Å². The van der Waals surface area contributed by atoms with E-state index in [0.29, 0.717) is 18.1 Å². The monoisotopic (exact) mass is 543 g/mol. The van der Waals surface area contributed by atoms with Crippen LogP contribution in [0.4, 0.5) is 0 Å². The van der Waals surface area contributed by atoms with Crippen LogP contribution in [0.1, 0.15) is 63.6 Å². The summed E-state index contributed by atoms with van der Waals surface area (Å²) in [5.74, 6) is -0.326. The van der Waals surface area contributed by atoms with E-state index in [1.54, 1.807) is 17.4 Å². The molecule has 35 heavy (non-hydrogen) atoms. The highest BCUT2D eigenvalue weighted by molar-refractivity contribution is 7.41. The number of rotatable bonds is 9. The van der Waals surface area contributed by atoms with Crippen molar-refractivity contribution >= 4 is 37.5 Å². The van der Waals surface area contributed by atoms with E-state index in [2.05, 4.69) is 4.90 Å². The highest BCUT2D eigenvalue weighted by Crippen LogP contribution is 2.47. The molecule has 3 rings (SSSR count). The molecular weight excluding hydrogens is 509 g/mol. The minimum atomic E-state index is -1.58. The second-order valence-corrected chi connectivity index (χ2v) is 12.8. The summed E-state index contributed by atoms with van der Waals surface area (Å²) in [6.45, 7) is 13.1. The molecule has 0 N–H and O–H groups in total. The predicted octanol–water partition coefficient (Wildman–Crippen LogP) is 6.88. The predicted molar refractivity (Wildman–Crippen MR) is 140 cm³/mol. The molecule has 0 saturated heterocycles. The zero-order valence-electron chi connectivity index (χ0n) is 21.4. The van der Waals surface area contributed by atoms with Crippen LogP contribution in [-0.2, 0) is 36.1 Å². The van der Waals surface area contributed by atoms with Gasteiger partial charge in [-0.15, -0.1) is 11.3 Å². The topological polar surface area (TPSA) is 66.5 Å². The summed E-state index contributed by atoms with van der Waals surface area (Å²) in [5.41, 5.74) is 1.06. The number of carbonyl (C=O) groups is 1. The van der Waals surface area contributed by atoms with Crippen molar-refractivity contribution in [3.63, 3.8) is 0 Å². The lowest BCUT2D eigenvalue weighted by molar-refractivity contribution is -0.147. The Bertz CT molecular complexity index is 987. The van der Waals surface area contributed by atoms with Gasteiger partial charge in [0.05, 0.1) is 18.3 Å². The molecule has 0 fully saturated rings. The number of esters is 1. The normalized spacial score (nSPS) is 15.7. The Balaban J connectivity index is 1.66. The molecule has 7 nitrogen and oxygen atoms in total. The molecule has 0 radical (unpaired) electrons. The van der Waals surface area contributed by atoms with Gasteiger partial charge in [0.2, 0.25) is 0 Å². The largest absolute Gasteiger partial charge is 0.468 e. The fourth-order valence-corrected chi connectivity index (χ4v) is 5.96. The number of hydrogen-bond acceptors (Lipinski definition) is 8. The van der Waals surface area contributed by atoms with Gasteiger partial charge < -0.3 is 18.5 Å². The number of halogens is 1. The maximum atomic E-state index is 12.7. The smallest absolute Gasteiger partial charge is 0.336 e. The molecule has 1 aromatic heterocycles. The molecule has 0 saturated carbocycles. The van der Waals surface area contributed by atoms with E-state index in [1.807, 2.05) is 65.8 Å². The Morgan fingerprint density at radius 2 is 1.80 bits per heavy atom. The van der Waals surface area contributed by atoms with Crippen LogP contribution in [0, 0.1) is 0 Å². The van der Waals surface area contributed by atoms with Gasteiger partial charge in [0.15, 0.2) is 11.9 Å². The Kier molecular flexibility index (Phi) is 9.60. The van der Waals surface area contributed by atoms with Crippen molar-refractivity contribution in [1.29, 1.82) is 0 Å². The van der Waals surface area contributed by atoms with E-state index in [0.717, 1.165) is 22.6 Å². The van der Waals surface area contributed by atoms with Crippen LogP contribution < -0.4 is 4.74 Å². The summed E-state index contributed by atoms with van der Waals surface area (Å²) < 4.78 is 28.7. The number of fused-ring (bicyclic) bond motifs is 1. The lowest BCUT2D eigenvalue weighted by Gasteiger charge is -2.33. The third kappa shape index (κ3) is 8.39. The molecule has 2 heterocycles. The fourth-order valence-electron chi connectivity index (χ4n) is 3.55. The van der Waals surface area contributed by atoms with Gasteiger partial charge in [-0.05, 0) is 71.2 Å². The first-order valence-electron chi connectivity index (χ1n) is 11.5. The van der Waals surface area contributed by atoms with Gasteiger partial charge in [-0.2, -0.15) is 0 Å². The second-order valence-electron chi connectivity index (χ2n) is 10.2. The van der Waals surface area contributed by atoms with Gasteiger partial charge in [-0.25, -0.2) is 4.79 Å². The lowest BCUT2D eigenvalue weighted by atomic mass is 10.0. The van der Waals surface area contributed by atoms with E-state index in [1.165, 1.54) is 12.0 Å². The molecule has 10 heteroatoms. The van der Waals surface area contributed by atoms with Gasteiger partial charge in [-0.1, -0.05) is 29.8 Å². The van der Waals surface area contributed by atoms with Gasteiger partial charge >= 0.3 is 14.6 Å². The summed E-state index contributed by atoms with van der Waals surface area (Å²) in [4.78, 5) is 16.0. The van der Waals surface area contributed by atoms with Crippen molar-refractivity contribution in [2.75, 3.05) is 20.4 Å². The van der Waals surface area contributed by atoms with Gasteiger partial charge in [0, 0.05) is 23.0 Å². The summed E-state index contributed by atoms with van der Waals surface area (Å²) in [6.07, 6.45) is 0.801. The quantitative estimate of drug-likeness (QED) is 0.194. The molecule has 1 atom stereocenters. The summed E-state index contributed by atoms with van der Waals surface area (Å²) in [7, 11) is -0.173. The van der Waals surface area contributed by atoms with Crippen molar-refractivity contribution in [3.8, 4) is 5.06 Å². The zero-order chi connectivity index (χ0) is 25.8. The molecule has 0 aliphatic carbocycles. The van der Waals surface area contributed by atoms with Crippen molar-refractivity contribution in [2.45, 2.75) is 71.8 Å². The van der Waals surface area contributed by atoms with Crippen LogP contribution >= 0.6 is 31.5 Å². The second kappa shape index (κ2) is 11.9. The molecule has 1 aliphatic rings. The first-order chi connectivity index (χ1) is 16.4. The molecule has 0 spiro atoms. The standard InChI is InChI=1S/C25H35ClNO6PS/c1-24(2,3)32-34(33-25(4,5)6)31-16-30-21-14-17-15-27(13-12-20(17)35-21)22(23(28)29-7)18-10-8-9-11-19(18)26/h8-11,14,22H,12-13,15-16H2,1-7H3. The number of ether oxygens (including phenoxy) is 2. The van der Waals surface area contributed by atoms with E-state index >= 15 is 0 Å². The third-order valence-corrected chi connectivity index (χ3v) is 8.12. The molecule has 0 amide bonds. The van der Waals surface area contributed by atoms with E-state index < -0.39 is 25.8 Å². The van der Waals surface area contributed by atoms with Crippen LogP contribution in [0.2, 0.25) is 5.02 Å². The average molecular weight is 544 g/mol. The number of thiophene rings is 1. The lowest BCUT2D eigenvalue weighted by Crippen LogP contribution is -2.38. The number of carbonyl (C=O) groups excluding carboxylic acids is 1. The van der Waals surface area contributed by atoms with Crippen molar-refractivity contribution in [1.82, 2.24) is 4.90 Å². The minimum absolute atomic E-state index is 0.0192. The molecule has 1 unspecified atom stereocenters. The molecule has 1 aliphatic heterocycles. The first kappa shape index (κ1) is 28.3. The third-order valence-electron chi connectivity index (χ3n) is 4.92. The molecule has 194 valence electrons. The summed E-state index contributed by atoms with van der Waals surface area (Å²) in [6, 6.07) is 8.83. The molecular formula is C25H35ClNO6PS. The SMILES string of the molecule is COC(=O)C(c1ccccc1Cl)N1CCc2sc(OCOP(OC(C)(C)C)OC(C)(C)C)cc2C1. The van der Waals surface area contributed by atoms with Crippen LogP contribution in [0.25, 0.3) is 0 Å². The van der Waals surface area contributed by atoms with Crippen molar-refractivity contribution in [2.24, 2.45) is 0 Å². The first-order valence-corrected chi connectivity index (χ1v) is 13.8. The number of nitrogens with zero attached hydrogens (tertiary/aromatic N) is 1. The Morgan fingerprint density at radius 3 is 2.40 bits per heavy atom. The number of hydrogen-bond donors (Lipinski definition) is 0. The van der Waals surface area contributed by atoms with Crippen LogP contribution in [-0.4, -0.2) is 42.5 Å². The van der Waals surface area contributed by atoms with E-state index in [4.69, 9.17) is 34.6 Å². The average Bonchev–Trinajstić information content (AvgIpc) is 3.14. The van der Waals surface area contributed by atoms with Crippen LogP contribution in [0.3, 0.4) is 0 Å². The van der Waals surface area contributed by atoms with Gasteiger partial charge in [0.25, 0.3) is 0 Å². The highest BCUT2D eigenvalue weighted by Gasteiger charge is 2.33. The van der Waals surface area contributed by atoms with E-state index in [-0.39, 0.29) is 12.8 Å². The Morgan fingerprint density at radius 1 is 1.14 bits per heavy atom. The molecule has 0 bridgehead atoms. The maximum absolute atomic E-state index is 12.7. The number of methoxy groups -OCH3 is 1. The van der Waals surface area contributed by atoms with Crippen molar-refractivity contribution in [3.05, 3.63) is 51.4 Å². The number of benzene rings is 1. The van der Waals surface area contributed by atoms with E-state index in [9.17, 15) is 4.79 Å². The Hall–Kier alpha value is -1.25. The fraction of sp³-hybridized carbons (Fsp3) is 0.560. The Labute approximate surface area is 218 Å². The zero-order valence-corrected chi connectivity index (χ0v) is 23.9. The minimum Gasteiger partial charge on any atom is -0.468 e. The molecule has 1 aromatic carbocycles. The van der Waals surface area contributed by atoms with Gasteiger partial charge in [-0.3, -0.25) is 9.42 Å². The summed E-state index contributed by atoms with van der Waals surface area (Å²) >= 11 is 8.02. The van der Waals surface area contributed by atoms with Crippen LogP contribution in [0.15, 0.2) is 30.3 Å². The van der Waals surface area contributed by atoms with Gasteiger partial charge in [0.1, 0.15) is 6.04 Å². The highest BCUT2D eigenvalue weighted by atomic mass is 35.5. The summed E-state index contributed by atoms with van der Waals surface area (Å²) in [5, 5.41) is 1.30. The van der Waals surface area contributed by atoms with Crippen molar-refractivity contribution < 1.29 is 27.8 Å².